The molecule has 0 unspecified atom stereocenters. The number of rotatable bonds is 3. The second-order valence-corrected chi connectivity index (χ2v) is 5.53. The molecular weight excluding hydrogens is 361 g/mol. The van der Waals surface area contributed by atoms with Gasteiger partial charge in [0.2, 0.25) is 0 Å². The van der Waals surface area contributed by atoms with Crippen LogP contribution in [0.4, 0.5) is 11.4 Å². The van der Waals surface area contributed by atoms with Crippen molar-refractivity contribution in [3.63, 3.8) is 0 Å². The number of non-ortho nitro benzene ring substituents is 1. The number of halogens is 2. The van der Waals surface area contributed by atoms with Crippen LogP contribution in [-0.4, -0.2) is 15.9 Å². The van der Waals surface area contributed by atoms with Gasteiger partial charge >= 0.3 is 0 Å². The first-order valence-electron chi connectivity index (χ1n) is 6.19. The molecule has 0 spiro atoms. The third-order valence-electron chi connectivity index (χ3n) is 2.73. The summed E-state index contributed by atoms with van der Waals surface area (Å²) < 4.78 is 0. The summed E-state index contributed by atoms with van der Waals surface area (Å²) in [6.07, 6.45) is 0. The first-order chi connectivity index (χ1) is 10.9. The number of nitrogens with zero attached hydrogens (tertiary/aromatic N) is 1. The molecule has 9 heteroatoms. The second kappa shape index (κ2) is 7.36. The number of thiocarbonyl (C=S) groups is 1. The third-order valence-corrected chi connectivity index (χ3v) is 3.57. The Morgan fingerprint density at radius 1 is 1.13 bits per heavy atom. The van der Waals surface area contributed by atoms with Crippen LogP contribution in [0.3, 0.4) is 0 Å². The van der Waals surface area contributed by atoms with Crippen LogP contribution in [0.2, 0.25) is 10.0 Å². The van der Waals surface area contributed by atoms with Crippen LogP contribution >= 0.6 is 35.4 Å². The summed E-state index contributed by atoms with van der Waals surface area (Å²) in [5, 5.41) is 16.2. The van der Waals surface area contributed by atoms with Gasteiger partial charge < -0.3 is 5.32 Å². The van der Waals surface area contributed by atoms with Gasteiger partial charge in [-0.3, -0.25) is 20.2 Å². The van der Waals surface area contributed by atoms with Gasteiger partial charge in [-0.2, -0.15) is 0 Å². The first kappa shape index (κ1) is 17.1. The number of nitro groups is 1. The molecular formula is C14H9Cl2N3O3S. The molecule has 23 heavy (non-hydrogen) atoms. The van der Waals surface area contributed by atoms with Gasteiger partial charge in [0.15, 0.2) is 5.11 Å². The minimum Gasteiger partial charge on any atom is -0.332 e. The Bertz CT molecular complexity index is 778. The molecule has 0 bridgehead atoms. The van der Waals surface area contributed by atoms with Crippen molar-refractivity contribution in [1.82, 2.24) is 5.32 Å². The van der Waals surface area contributed by atoms with Crippen molar-refractivity contribution in [3.05, 3.63) is 68.2 Å². The van der Waals surface area contributed by atoms with Gasteiger partial charge in [-0.05, 0) is 30.4 Å². The third kappa shape index (κ3) is 4.38. The summed E-state index contributed by atoms with van der Waals surface area (Å²) in [5.74, 6) is -0.580. The molecule has 0 saturated carbocycles. The van der Waals surface area contributed by atoms with E-state index in [9.17, 15) is 14.9 Å². The summed E-state index contributed by atoms with van der Waals surface area (Å²) >= 11 is 16.9. The molecule has 6 nitrogen and oxygen atoms in total. The molecule has 1 amide bonds. The zero-order valence-corrected chi connectivity index (χ0v) is 13.7. The molecule has 0 aromatic heterocycles. The number of nitro benzene ring substituents is 1. The Kier molecular flexibility index (Phi) is 5.49. The largest absolute Gasteiger partial charge is 0.332 e. The second-order valence-electron chi connectivity index (χ2n) is 4.31. The summed E-state index contributed by atoms with van der Waals surface area (Å²) in [6.45, 7) is 0. The summed E-state index contributed by atoms with van der Waals surface area (Å²) in [4.78, 5) is 22.3. The number of carbonyl (C=O) groups is 1. The zero-order valence-electron chi connectivity index (χ0n) is 11.4. The van der Waals surface area contributed by atoms with Crippen LogP contribution < -0.4 is 10.6 Å². The fourth-order valence-electron chi connectivity index (χ4n) is 1.74. The van der Waals surface area contributed by atoms with Crippen molar-refractivity contribution < 1.29 is 9.72 Å². The molecule has 0 aliphatic rings. The number of anilines is 1. The monoisotopic (exact) mass is 369 g/mol. The first-order valence-corrected chi connectivity index (χ1v) is 7.35. The Balaban J connectivity index is 2.09. The minimum atomic E-state index is -0.580. The molecule has 2 aromatic carbocycles. The molecule has 2 rings (SSSR count). The van der Waals surface area contributed by atoms with Crippen molar-refractivity contribution >= 4 is 57.8 Å². The van der Waals surface area contributed by atoms with E-state index < -0.39 is 10.8 Å². The molecule has 118 valence electrons. The molecule has 0 radical (unpaired) electrons. The highest BCUT2D eigenvalue weighted by atomic mass is 35.5. The van der Waals surface area contributed by atoms with Crippen LogP contribution in [0.15, 0.2) is 42.5 Å². The Labute approximate surface area is 146 Å². The maximum atomic E-state index is 12.1. The Hall–Kier alpha value is -2.22. The number of nitrogens with one attached hydrogen (secondary N) is 2. The quantitative estimate of drug-likeness (QED) is 0.484. The Morgan fingerprint density at radius 2 is 1.74 bits per heavy atom. The molecule has 0 saturated heterocycles. The standard InChI is InChI=1S/C14H9Cl2N3O3S/c15-10-5-2-6-11(16)12(10)13(20)18-14(23)17-8-3-1-4-9(7-8)19(21)22/h1-7H,(H2,17,18,20,23). The van der Waals surface area contributed by atoms with E-state index in [4.69, 9.17) is 35.4 Å². The maximum Gasteiger partial charge on any atom is 0.271 e. The molecule has 0 atom stereocenters. The van der Waals surface area contributed by atoms with Gasteiger partial charge in [-0.25, -0.2) is 0 Å². The highest BCUT2D eigenvalue weighted by molar-refractivity contribution is 7.80. The number of benzene rings is 2. The summed E-state index contributed by atoms with van der Waals surface area (Å²) in [7, 11) is 0. The van der Waals surface area contributed by atoms with Crippen LogP contribution in [0.5, 0.6) is 0 Å². The van der Waals surface area contributed by atoms with E-state index in [0.29, 0.717) is 5.69 Å². The van der Waals surface area contributed by atoms with Crippen LogP contribution in [0, 0.1) is 10.1 Å². The van der Waals surface area contributed by atoms with E-state index in [1.54, 1.807) is 12.1 Å². The van der Waals surface area contributed by atoms with Crippen LogP contribution in [0.1, 0.15) is 10.4 Å². The molecule has 2 aromatic rings. The van der Waals surface area contributed by atoms with E-state index in [1.165, 1.54) is 30.3 Å². The maximum absolute atomic E-state index is 12.1. The lowest BCUT2D eigenvalue weighted by Crippen LogP contribution is -2.34. The minimum absolute atomic E-state index is 0.0357. The molecule has 0 aliphatic carbocycles. The number of amides is 1. The van der Waals surface area contributed by atoms with Crippen molar-refractivity contribution in [3.8, 4) is 0 Å². The van der Waals surface area contributed by atoms with E-state index >= 15 is 0 Å². The van der Waals surface area contributed by atoms with Crippen molar-refractivity contribution in [2.75, 3.05) is 5.32 Å². The van der Waals surface area contributed by atoms with E-state index in [0.717, 1.165) is 0 Å². The highest BCUT2D eigenvalue weighted by Crippen LogP contribution is 2.24. The zero-order chi connectivity index (χ0) is 17.0. The van der Waals surface area contributed by atoms with E-state index in [2.05, 4.69) is 10.6 Å². The van der Waals surface area contributed by atoms with E-state index in [1.807, 2.05) is 0 Å². The normalized spacial score (nSPS) is 10.0. The fraction of sp³-hybridized carbons (Fsp3) is 0. The SMILES string of the molecule is O=C(NC(=S)Nc1cccc([N+](=O)[O-])c1)c1c(Cl)cccc1Cl. The predicted octanol–water partition coefficient (Wildman–Crippen LogP) is 4.03. The lowest BCUT2D eigenvalue weighted by atomic mass is 10.2. The van der Waals surface area contributed by atoms with Crippen LogP contribution in [0.25, 0.3) is 0 Å². The number of carbonyl (C=O) groups excluding carboxylic acids is 1. The highest BCUT2D eigenvalue weighted by Gasteiger charge is 2.16. The molecule has 0 heterocycles. The predicted molar refractivity (Wildman–Crippen MR) is 93.2 cm³/mol. The average molecular weight is 370 g/mol. The number of hydrogen-bond acceptors (Lipinski definition) is 4. The lowest BCUT2D eigenvalue weighted by molar-refractivity contribution is -0.384. The van der Waals surface area contributed by atoms with Gasteiger partial charge in [0.1, 0.15) is 0 Å². The molecule has 2 N–H and O–H groups in total. The fourth-order valence-corrected chi connectivity index (χ4v) is 2.52. The summed E-state index contributed by atoms with van der Waals surface area (Å²) in [6, 6.07) is 10.4. The van der Waals surface area contributed by atoms with Gasteiger partial charge in [-0.15, -0.1) is 0 Å². The van der Waals surface area contributed by atoms with Crippen molar-refractivity contribution in [2.24, 2.45) is 0 Å². The van der Waals surface area contributed by atoms with E-state index in [-0.39, 0.29) is 26.4 Å². The lowest BCUT2D eigenvalue weighted by Gasteiger charge is -2.11. The summed E-state index contributed by atoms with van der Waals surface area (Å²) in [5.41, 5.74) is 0.368. The van der Waals surface area contributed by atoms with Crippen molar-refractivity contribution in [1.29, 1.82) is 0 Å². The number of hydrogen-bond donors (Lipinski definition) is 2. The van der Waals surface area contributed by atoms with Gasteiger partial charge in [-0.1, -0.05) is 35.3 Å². The topological polar surface area (TPSA) is 84.3 Å². The van der Waals surface area contributed by atoms with Crippen molar-refractivity contribution in [2.45, 2.75) is 0 Å². The van der Waals surface area contributed by atoms with Gasteiger partial charge in [0, 0.05) is 17.8 Å². The molecule has 0 fully saturated rings. The average Bonchev–Trinajstić information content (AvgIpc) is 2.47. The van der Waals surface area contributed by atoms with Crippen LogP contribution in [-0.2, 0) is 0 Å². The molecule has 0 aliphatic heterocycles. The van der Waals surface area contributed by atoms with Gasteiger partial charge in [0.25, 0.3) is 11.6 Å². The Morgan fingerprint density at radius 3 is 2.35 bits per heavy atom. The smallest absolute Gasteiger partial charge is 0.271 e. The van der Waals surface area contributed by atoms with Gasteiger partial charge in [0.05, 0.1) is 20.5 Å².